The average Bonchev–Trinajstić information content (AvgIpc) is 2.73. The van der Waals surface area contributed by atoms with Crippen LogP contribution in [0.15, 0.2) is 59.7 Å². The Morgan fingerprint density at radius 2 is 1.86 bits per heavy atom. The maximum atomic E-state index is 12.3. The molecule has 2 rings (SSSR count). The standard InChI is InChI=1S/C21H24N4O3S/c1-2-28-18-10-8-16(9-11-18)14-19(21(27)24-25-22)23-20(26)12-13-29-15-17-6-4-3-5-7-17/h3-11,19H,2,12-15H2,1H3,(H,23,26)/t19-/m1/s1. The maximum absolute atomic E-state index is 12.3. The van der Waals surface area contributed by atoms with Crippen LogP contribution in [0.4, 0.5) is 0 Å². The summed E-state index contributed by atoms with van der Waals surface area (Å²) in [7, 11) is 0. The summed E-state index contributed by atoms with van der Waals surface area (Å²) >= 11 is 1.65. The molecular formula is C21H24N4O3S. The highest BCUT2D eigenvalue weighted by Crippen LogP contribution is 2.15. The molecule has 29 heavy (non-hydrogen) atoms. The van der Waals surface area contributed by atoms with Gasteiger partial charge in [0.1, 0.15) is 5.75 Å². The van der Waals surface area contributed by atoms with E-state index in [4.69, 9.17) is 10.3 Å². The van der Waals surface area contributed by atoms with Crippen molar-refractivity contribution in [2.24, 2.45) is 5.11 Å². The van der Waals surface area contributed by atoms with Crippen molar-refractivity contribution in [3.8, 4) is 5.75 Å². The second kappa shape index (κ2) is 12.5. The molecule has 0 unspecified atom stereocenters. The quantitative estimate of drug-likeness (QED) is 0.257. The van der Waals surface area contributed by atoms with Crippen molar-refractivity contribution in [1.82, 2.24) is 5.32 Å². The molecule has 8 heteroatoms. The van der Waals surface area contributed by atoms with Crippen molar-refractivity contribution < 1.29 is 14.3 Å². The Balaban J connectivity index is 1.87. The van der Waals surface area contributed by atoms with Gasteiger partial charge in [-0.15, -0.1) is 0 Å². The minimum absolute atomic E-state index is 0.243. The van der Waals surface area contributed by atoms with E-state index in [2.05, 4.69) is 15.3 Å². The van der Waals surface area contributed by atoms with Gasteiger partial charge in [0.05, 0.1) is 12.6 Å². The van der Waals surface area contributed by atoms with Crippen molar-refractivity contribution in [2.75, 3.05) is 12.4 Å². The van der Waals surface area contributed by atoms with Crippen molar-refractivity contribution in [3.05, 3.63) is 76.2 Å². The number of nitrogens with zero attached hydrogens (tertiary/aromatic N) is 3. The molecule has 0 radical (unpaired) electrons. The van der Waals surface area contributed by atoms with Gasteiger partial charge in [0.15, 0.2) is 0 Å². The number of hydrogen-bond acceptors (Lipinski definition) is 4. The van der Waals surface area contributed by atoms with Crippen LogP contribution < -0.4 is 10.1 Å². The van der Waals surface area contributed by atoms with E-state index in [1.165, 1.54) is 5.56 Å². The van der Waals surface area contributed by atoms with E-state index < -0.39 is 11.9 Å². The lowest BCUT2D eigenvalue weighted by atomic mass is 10.1. The highest BCUT2D eigenvalue weighted by atomic mass is 32.2. The van der Waals surface area contributed by atoms with Gasteiger partial charge in [-0.2, -0.15) is 11.8 Å². The molecule has 2 aromatic carbocycles. The molecule has 0 aromatic heterocycles. The average molecular weight is 413 g/mol. The summed E-state index contributed by atoms with van der Waals surface area (Å²) in [5.74, 6) is 1.23. The second-order valence-corrected chi connectivity index (χ2v) is 7.32. The fraction of sp³-hybridized carbons (Fsp3) is 0.333. The van der Waals surface area contributed by atoms with E-state index in [9.17, 15) is 9.59 Å². The monoisotopic (exact) mass is 412 g/mol. The zero-order valence-corrected chi connectivity index (χ0v) is 17.1. The smallest absolute Gasteiger partial charge is 0.241 e. The van der Waals surface area contributed by atoms with Crippen LogP contribution in [0.2, 0.25) is 0 Å². The lowest BCUT2D eigenvalue weighted by molar-refractivity contribution is -0.127. The molecule has 0 aliphatic carbocycles. The largest absolute Gasteiger partial charge is 0.494 e. The minimum Gasteiger partial charge on any atom is -0.494 e. The first kappa shape index (κ1) is 22.3. The van der Waals surface area contributed by atoms with E-state index >= 15 is 0 Å². The summed E-state index contributed by atoms with van der Waals surface area (Å²) in [5.41, 5.74) is 10.6. The number of ether oxygens (including phenoxy) is 1. The predicted octanol–water partition coefficient (Wildman–Crippen LogP) is 4.27. The van der Waals surface area contributed by atoms with Crippen LogP contribution in [-0.4, -0.2) is 30.2 Å². The Bertz CT molecular complexity index is 837. The van der Waals surface area contributed by atoms with Gasteiger partial charge < -0.3 is 10.1 Å². The molecule has 0 spiro atoms. The molecule has 1 N–H and O–H groups in total. The number of rotatable bonds is 11. The van der Waals surface area contributed by atoms with Crippen LogP contribution in [-0.2, 0) is 21.8 Å². The number of carbonyl (C=O) groups is 2. The zero-order chi connectivity index (χ0) is 20.9. The third kappa shape index (κ3) is 8.29. The topological polar surface area (TPSA) is 104 Å². The first-order chi connectivity index (χ1) is 14.1. The molecule has 0 heterocycles. The number of nitrogens with one attached hydrogen (secondary N) is 1. The third-order valence-electron chi connectivity index (χ3n) is 4.04. The van der Waals surface area contributed by atoms with Gasteiger partial charge in [0.25, 0.3) is 0 Å². The zero-order valence-electron chi connectivity index (χ0n) is 16.3. The molecule has 0 aliphatic heterocycles. The number of hydrogen-bond donors (Lipinski definition) is 1. The lowest BCUT2D eigenvalue weighted by Crippen LogP contribution is -2.41. The van der Waals surface area contributed by atoms with Gasteiger partial charge in [-0.25, -0.2) is 0 Å². The van der Waals surface area contributed by atoms with Crippen molar-refractivity contribution in [1.29, 1.82) is 0 Å². The molecule has 2 amide bonds. The fourth-order valence-corrected chi connectivity index (χ4v) is 3.54. The van der Waals surface area contributed by atoms with Gasteiger partial charge in [-0.1, -0.05) is 42.5 Å². The molecule has 7 nitrogen and oxygen atoms in total. The van der Waals surface area contributed by atoms with Gasteiger partial charge in [-0.05, 0) is 47.2 Å². The summed E-state index contributed by atoms with van der Waals surface area (Å²) in [6, 6.07) is 16.4. The van der Waals surface area contributed by atoms with Crippen LogP contribution in [0.25, 0.3) is 10.4 Å². The normalized spacial score (nSPS) is 11.2. The Labute approximate surface area is 174 Å². The Kier molecular flexibility index (Phi) is 9.62. The Hall–Kier alpha value is -2.96. The van der Waals surface area contributed by atoms with Crippen LogP contribution in [0.5, 0.6) is 5.75 Å². The van der Waals surface area contributed by atoms with E-state index in [-0.39, 0.29) is 18.7 Å². The van der Waals surface area contributed by atoms with Crippen LogP contribution in [0.1, 0.15) is 24.5 Å². The first-order valence-electron chi connectivity index (χ1n) is 9.34. The molecule has 2 aromatic rings. The van der Waals surface area contributed by atoms with Crippen molar-refractivity contribution in [3.63, 3.8) is 0 Å². The third-order valence-corrected chi connectivity index (χ3v) is 5.07. The van der Waals surface area contributed by atoms with E-state index in [0.717, 1.165) is 17.1 Å². The van der Waals surface area contributed by atoms with Crippen LogP contribution in [0.3, 0.4) is 0 Å². The van der Waals surface area contributed by atoms with E-state index in [1.807, 2.05) is 49.4 Å². The number of thioether (sulfide) groups is 1. The summed E-state index contributed by atoms with van der Waals surface area (Å²) in [5, 5.41) is 5.84. The van der Waals surface area contributed by atoms with Gasteiger partial charge >= 0.3 is 0 Å². The molecule has 0 saturated heterocycles. The lowest BCUT2D eigenvalue weighted by Gasteiger charge is -2.16. The predicted molar refractivity (Wildman–Crippen MR) is 115 cm³/mol. The summed E-state index contributed by atoms with van der Waals surface area (Å²) in [4.78, 5) is 26.9. The van der Waals surface area contributed by atoms with Gasteiger partial charge in [0.2, 0.25) is 11.8 Å². The highest BCUT2D eigenvalue weighted by Gasteiger charge is 2.20. The molecule has 152 valence electrons. The highest BCUT2D eigenvalue weighted by molar-refractivity contribution is 7.98. The number of azide groups is 1. The van der Waals surface area contributed by atoms with Gasteiger partial charge in [0, 0.05) is 22.8 Å². The minimum atomic E-state index is -0.893. The molecular weight excluding hydrogens is 388 g/mol. The maximum Gasteiger partial charge on any atom is 0.241 e. The summed E-state index contributed by atoms with van der Waals surface area (Å²) < 4.78 is 5.40. The number of carbonyl (C=O) groups excluding carboxylic acids is 2. The van der Waals surface area contributed by atoms with Crippen molar-refractivity contribution in [2.45, 2.75) is 31.6 Å². The number of amides is 2. The van der Waals surface area contributed by atoms with Crippen LogP contribution >= 0.6 is 11.8 Å². The number of benzene rings is 2. The molecule has 0 aliphatic rings. The van der Waals surface area contributed by atoms with Gasteiger partial charge in [-0.3, -0.25) is 9.59 Å². The van der Waals surface area contributed by atoms with E-state index in [1.54, 1.807) is 23.9 Å². The summed E-state index contributed by atoms with van der Waals surface area (Å²) in [6.07, 6.45) is 0.522. The molecule has 0 fully saturated rings. The Morgan fingerprint density at radius 1 is 1.14 bits per heavy atom. The molecule has 1 atom stereocenters. The molecule has 0 bridgehead atoms. The van der Waals surface area contributed by atoms with Crippen LogP contribution in [0, 0.1) is 0 Å². The van der Waals surface area contributed by atoms with E-state index in [0.29, 0.717) is 12.4 Å². The van der Waals surface area contributed by atoms with Crippen molar-refractivity contribution >= 4 is 23.6 Å². The first-order valence-corrected chi connectivity index (χ1v) is 10.5. The summed E-state index contributed by atoms with van der Waals surface area (Å²) in [6.45, 7) is 2.46. The Morgan fingerprint density at radius 3 is 2.52 bits per heavy atom. The SMILES string of the molecule is CCOc1ccc(C[C@@H](NC(=O)CCSCc2ccccc2)C(=O)N=[N+]=[N-])cc1. The second-order valence-electron chi connectivity index (χ2n) is 6.22. The fourth-order valence-electron chi connectivity index (χ4n) is 2.63. The molecule has 0 saturated carbocycles.